The van der Waals surface area contributed by atoms with Gasteiger partial charge in [-0.3, -0.25) is 0 Å². The van der Waals surface area contributed by atoms with Crippen LogP contribution in [0.2, 0.25) is 5.15 Å². The maximum Gasteiger partial charge on any atom is 0.184 e. The third-order valence-electron chi connectivity index (χ3n) is 2.93. The highest BCUT2D eigenvalue weighted by atomic mass is 35.5. The van der Waals surface area contributed by atoms with Crippen molar-refractivity contribution in [2.24, 2.45) is 5.41 Å². The second kappa shape index (κ2) is 5.68. The number of halogens is 1. The normalized spacial score (nSPS) is 11.7. The molecule has 0 aliphatic carbocycles. The molecule has 0 aliphatic heterocycles. The van der Waals surface area contributed by atoms with Crippen LogP contribution in [0.1, 0.15) is 26.7 Å². The summed E-state index contributed by atoms with van der Waals surface area (Å²) in [5.41, 5.74) is -0.0435. The second-order valence-corrected chi connectivity index (χ2v) is 4.94. The molecule has 2 N–H and O–H groups in total. The maximum absolute atomic E-state index is 9.38. The van der Waals surface area contributed by atoms with E-state index in [-0.39, 0.29) is 12.0 Å². The highest BCUT2D eigenvalue weighted by Crippen LogP contribution is 2.27. The average Bonchev–Trinajstić information content (AvgIpc) is 2.67. The van der Waals surface area contributed by atoms with Crippen LogP contribution >= 0.6 is 22.9 Å². The first-order valence-corrected chi connectivity index (χ1v) is 6.37. The minimum absolute atomic E-state index is 0.0435. The number of thiazole rings is 1. The first-order valence-electron chi connectivity index (χ1n) is 5.11. The van der Waals surface area contributed by atoms with Gasteiger partial charge in [-0.2, -0.15) is 0 Å². The van der Waals surface area contributed by atoms with Crippen LogP contribution in [0.3, 0.4) is 0 Å². The highest BCUT2D eigenvalue weighted by Gasteiger charge is 2.25. The highest BCUT2D eigenvalue weighted by molar-refractivity contribution is 7.14. The standard InChI is InChI=1S/C10H17ClN2OS/c1-3-10(4-2,7-14)6-12-9-13-8(11)5-15-9/h5,14H,3-4,6-7H2,1-2H3,(H,12,13). The molecule has 0 bridgehead atoms. The Bertz CT molecular complexity index is 291. The van der Waals surface area contributed by atoms with Crippen LogP contribution in [0, 0.1) is 5.41 Å². The predicted octanol–water partition coefficient (Wildman–Crippen LogP) is 3.01. The van der Waals surface area contributed by atoms with Crippen LogP contribution in [0.15, 0.2) is 5.38 Å². The second-order valence-electron chi connectivity index (χ2n) is 3.69. The summed E-state index contributed by atoms with van der Waals surface area (Å²) in [4.78, 5) is 4.11. The quantitative estimate of drug-likeness (QED) is 0.814. The molecule has 0 saturated carbocycles. The Kier molecular flexibility index (Phi) is 4.83. The summed E-state index contributed by atoms with van der Waals surface area (Å²) in [7, 11) is 0. The summed E-state index contributed by atoms with van der Waals surface area (Å²) in [5, 5.41) is 15.7. The third kappa shape index (κ3) is 3.33. The van der Waals surface area contributed by atoms with E-state index in [2.05, 4.69) is 24.1 Å². The molecule has 0 aromatic carbocycles. The van der Waals surface area contributed by atoms with Gasteiger partial charge in [0.15, 0.2) is 5.13 Å². The van der Waals surface area contributed by atoms with Gasteiger partial charge in [-0.05, 0) is 12.8 Å². The fourth-order valence-corrected chi connectivity index (χ4v) is 2.21. The predicted molar refractivity (Wildman–Crippen MR) is 65.7 cm³/mol. The smallest absolute Gasteiger partial charge is 0.184 e. The Morgan fingerprint density at radius 1 is 1.53 bits per heavy atom. The van der Waals surface area contributed by atoms with Gasteiger partial charge >= 0.3 is 0 Å². The van der Waals surface area contributed by atoms with E-state index in [1.807, 2.05) is 0 Å². The lowest BCUT2D eigenvalue weighted by Crippen LogP contribution is -2.32. The van der Waals surface area contributed by atoms with E-state index in [9.17, 15) is 5.11 Å². The van der Waals surface area contributed by atoms with E-state index in [0.29, 0.717) is 5.15 Å². The van der Waals surface area contributed by atoms with Gasteiger partial charge < -0.3 is 10.4 Å². The van der Waals surface area contributed by atoms with Crippen LogP contribution in [0.5, 0.6) is 0 Å². The number of nitrogens with one attached hydrogen (secondary N) is 1. The Hall–Kier alpha value is -0.320. The fourth-order valence-electron chi connectivity index (χ4n) is 1.38. The topological polar surface area (TPSA) is 45.1 Å². The van der Waals surface area contributed by atoms with Crippen molar-refractivity contribution < 1.29 is 5.11 Å². The van der Waals surface area contributed by atoms with Gasteiger partial charge in [0, 0.05) is 17.3 Å². The molecule has 5 heteroatoms. The summed E-state index contributed by atoms with van der Waals surface area (Å²) >= 11 is 7.21. The average molecular weight is 249 g/mol. The number of rotatable bonds is 6. The molecule has 1 aromatic rings. The van der Waals surface area contributed by atoms with E-state index in [1.54, 1.807) is 5.38 Å². The summed E-state index contributed by atoms with van der Waals surface area (Å²) < 4.78 is 0. The number of nitrogens with zero attached hydrogens (tertiary/aromatic N) is 1. The molecule has 86 valence electrons. The molecule has 0 spiro atoms. The van der Waals surface area contributed by atoms with Gasteiger partial charge in [0.25, 0.3) is 0 Å². The largest absolute Gasteiger partial charge is 0.396 e. The lowest BCUT2D eigenvalue weighted by molar-refractivity contribution is 0.127. The number of aliphatic hydroxyl groups is 1. The van der Waals surface area contributed by atoms with Crippen LogP contribution in [-0.4, -0.2) is 23.2 Å². The lowest BCUT2D eigenvalue weighted by Gasteiger charge is -2.29. The Labute approximate surface area is 99.5 Å². The fraction of sp³-hybridized carbons (Fsp3) is 0.700. The molecule has 0 aliphatic rings. The molecule has 0 saturated heterocycles. The molecule has 0 atom stereocenters. The van der Waals surface area contributed by atoms with E-state index < -0.39 is 0 Å². The number of anilines is 1. The van der Waals surface area contributed by atoms with Gasteiger partial charge in [-0.1, -0.05) is 25.4 Å². The molecule has 1 rings (SSSR count). The molecule has 3 nitrogen and oxygen atoms in total. The first-order chi connectivity index (χ1) is 7.15. The Morgan fingerprint density at radius 3 is 2.60 bits per heavy atom. The van der Waals surface area contributed by atoms with E-state index >= 15 is 0 Å². The molecular weight excluding hydrogens is 232 g/mol. The zero-order chi connectivity index (χ0) is 11.3. The van der Waals surface area contributed by atoms with Crippen LogP contribution in [0.25, 0.3) is 0 Å². The molecule has 0 unspecified atom stereocenters. The summed E-state index contributed by atoms with van der Waals surface area (Å²) in [5.74, 6) is 0. The van der Waals surface area contributed by atoms with Crippen LogP contribution in [0.4, 0.5) is 5.13 Å². The maximum atomic E-state index is 9.38. The summed E-state index contributed by atoms with van der Waals surface area (Å²) in [6, 6.07) is 0. The number of hydrogen-bond donors (Lipinski definition) is 2. The third-order valence-corrected chi connectivity index (χ3v) is 4.05. The van der Waals surface area contributed by atoms with Crippen molar-refractivity contribution in [3.8, 4) is 0 Å². The van der Waals surface area contributed by atoms with Gasteiger partial charge in [-0.25, -0.2) is 4.98 Å². The van der Waals surface area contributed by atoms with Crippen molar-refractivity contribution in [3.05, 3.63) is 10.5 Å². The SMILES string of the molecule is CCC(CC)(CO)CNc1nc(Cl)cs1. The van der Waals surface area contributed by atoms with Crippen molar-refractivity contribution in [3.63, 3.8) is 0 Å². The van der Waals surface area contributed by atoms with E-state index in [4.69, 9.17) is 11.6 Å². The lowest BCUT2D eigenvalue weighted by atomic mass is 9.83. The van der Waals surface area contributed by atoms with Gasteiger partial charge in [0.1, 0.15) is 5.15 Å². The van der Waals surface area contributed by atoms with Crippen molar-refractivity contribution in [1.29, 1.82) is 0 Å². The van der Waals surface area contributed by atoms with Gasteiger partial charge in [-0.15, -0.1) is 11.3 Å². The summed E-state index contributed by atoms with van der Waals surface area (Å²) in [6.07, 6.45) is 1.90. The summed E-state index contributed by atoms with van der Waals surface area (Å²) in [6.45, 7) is 5.12. The van der Waals surface area contributed by atoms with Gasteiger partial charge in [0.2, 0.25) is 0 Å². The van der Waals surface area contributed by atoms with Crippen molar-refractivity contribution in [2.75, 3.05) is 18.5 Å². The van der Waals surface area contributed by atoms with E-state index in [0.717, 1.165) is 24.5 Å². The molecular formula is C10H17ClN2OS. The molecule has 0 radical (unpaired) electrons. The number of aromatic nitrogens is 1. The molecule has 0 amide bonds. The minimum atomic E-state index is -0.0435. The molecule has 1 heterocycles. The number of hydrogen-bond acceptors (Lipinski definition) is 4. The zero-order valence-electron chi connectivity index (χ0n) is 9.09. The van der Waals surface area contributed by atoms with Crippen molar-refractivity contribution in [1.82, 2.24) is 4.98 Å². The minimum Gasteiger partial charge on any atom is -0.396 e. The zero-order valence-corrected chi connectivity index (χ0v) is 10.7. The monoisotopic (exact) mass is 248 g/mol. The molecule has 15 heavy (non-hydrogen) atoms. The Balaban J connectivity index is 2.54. The van der Waals surface area contributed by atoms with Crippen molar-refractivity contribution >= 4 is 28.1 Å². The van der Waals surface area contributed by atoms with Crippen molar-refractivity contribution in [2.45, 2.75) is 26.7 Å². The first kappa shape index (κ1) is 12.7. The number of aliphatic hydroxyl groups excluding tert-OH is 1. The molecule has 1 aromatic heterocycles. The van der Waals surface area contributed by atoms with E-state index in [1.165, 1.54) is 11.3 Å². The Morgan fingerprint density at radius 2 is 2.20 bits per heavy atom. The van der Waals surface area contributed by atoms with Crippen LogP contribution in [-0.2, 0) is 0 Å². The van der Waals surface area contributed by atoms with Gasteiger partial charge in [0.05, 0.1) is 6.61 Å². The van der Waals surface area contributed by atoms with Crippen LogP contribution < -0.4 is 5.32 Å². The molecule has 0 fully saturated rings.